The molecule has 1 aromatic carbocycles. The molecule has 1 fully saturated rings. The summed E-state index contributed by atoms with van der Waals surface area (Å²) in [7, 11) is 0. The Morgan fingerprint density at radius 1 is 1.47 bits per heavy atom. The summed E-state index contributed by atoms with van der Waals surface area (Å²) < 4.78 is 3.18. The first kappa shape index (κ1) is 12.9. The van der Waals surface area contributed by atoms with Crippen molar-refractivity contribution < 1.29 is 0 Å². The van der Waals surface area contributed by atoms with Gasteiger partial charge in [0.15, 0.2) is 0 Å². The van der Waals surface area contributed by atoms with E-state index in [-0.39, 0.29) is 0 Å². The molecule has 1 heterocycles. The first-order valence-electron chi connectivity index (χ1n) is 6.84. The summed E-state index contributed by atoms with van der Waals surface area (Å²) in [4.78, 5) is 6.95. The summed E-state index contributed by atoms with van der Waals surface area (Å²) in [6.07, 6.45) is 2.69. The summed E-state index contributed by atoms with van der Waals surface area (Å²) in [5.41, 5.74) is 8.12. The second-order valence-corrected chi connectivity index (χ2v) is 6.03. The molecule has 102 valence electrons. The van der Waals surface area contributed by atoms with Crippen LogP contribution in [-0.2, 0) is 6.54 Å². The lowest BCUT2D eigenvalue weighted by Gasteiger charge is -2.20. The number of fused-ring (bicyclic) bond motifs is 1. The molecule has 0 amide bonds. The summed E-state index contributed by atoms with van der Waals surface area (Å²) in [6, 6.07) is 6.89. The van der Waals surface area contributed by atoms with Crippen molar-refractivity contribution in [2.45, 2.75) is 32.4 Å². The van der Waals surface area contributed by atoms with Gasteiger partial charge >= 0.3 is 0 Å². The molecule has 5 heteroatoms. The zero-order valence-electron chi connectivity index (χ0n) is 11.1. The Morgan fingerprint density at radius 2 is 2.26 bits per heavy atom. The Labute approximate surface area is 121 Å². The molecule has 4 nitrogen and oxygen atoms in total. The molecule has 0 atom stereocenters. The van der Waals surface area contributed by atoms with E-state index >= 15 is 0 Å². The first-order chi connectivity index (χ1) is 9.19. The molecule has 2 N–H and O–H groups in total. The van der Waals surface area contributed by atoms with E-state index < -0.39 is 0 Å². The molecule has 1 aliphatic rings. The van der Waals surface area contributed by atoms with Crippen molar-refractivity contribution in [3.63, 3.8) is 0 Å². The van der Waals surface area contributed by atoms with Crippen LogP contribution >= 0.6 is 15.9 Å². The average molecular weight is 323 g/mol. The Kier molecular flexibility index (Phi) is 3.50. The molecular weight excluding hydrogens is 304 g/mol. The number of imidazole rings is 1. The lowest BCUT2D eigenvalue weighted by molar-refractivity contribution is 0.268. The van der Waals surface area contributed by atoms with E-state index in [0.29, 0.717) is 5.95 Å². The van der Waals surface area contributed by atoms with E-state index in [2.05, 4.69) is 43.4 Å². The van der Waals surface area contributed by atoms with Crippen LogP contribution in [0.25, 0.3) is 11.0 Å². The van der Waals surface area contributed by atoms with Crippen LogP contribution in [-0.4, -0.2) is 33.6 Å². The van der Waals surface area contributed by atoms with Crippen LogP contribution in [0.2, 0.25) is 0 Å². The molecule has 1 aromatic heterocycles. The van der Waals surface area contributed by atoms with E-state index in [1.165, 1.54) is 12.8 Å². The van der Waals surface area contributed by atoms with Crippen molar-refractivity contribution in [3.8, 4) is 0 Å². The lowest BCUT2D eigenvalue weighted by atomic mass is 10.3. The molecule has 0 radical (unpaired) electrons. The van der Waals surface area contributed by atoms with Gasteiger partial charge in [-0.3, -0.25) is 4.90 Å². The van der Waals surface area contributed by atoms with Crippen LogP contribution in [0.3, 0.4) is 0 Å². The third-order valence-corrected chi connectivity index (χ3v) is 4.31. The topological polar surface area (TPSA) is 47.1 Å². The van der Waals surface area contributed by atoms with Crippen molar-refractivity contribution in [3.05, 3.63) is 22.7 Å². The third kappa shape index (κ3) is 2.62. The third-order valence-electron chi connectivity index (χ3n) is 3.82. The van der Waals surface area contributed by atoms with E-state index in [4.69, 9.17) is 5.73 Å². The fraction of sp³-hybridized carbons (Fsp3) is 0.500. The van der Waals surface area contributed by atoms with Crippen LogP contribution < -0.4 is 5.73 Å². The standard InChI is InChI=1S/C14H19BrN4/c1-2-18(11-4-5-11)7-8-19-13-9-10(15)3-6-12(13)17-14(19)16/h3,6,9,11H,2,4-5,7-8H2,1H3,(H2,16,17). The largest absolute Gasteiger partial charge is 0.369 e. The molecule has 0 unspecified atom stereocenters. The van der Waals surface area contributed by atoms with Crippen molar-refractivity contribution in [1.29, 1.82) is 0 Å². The number of hydrogen-bond acceptors (Lipinski definition) is 3. The Hall–Kier alpha value is -1.07. The number of likely N-dealkylation sites (N-methyl/N-ethyl adjacent to an activating group) is 1. The van der Waals surface area contributed by atoms with E-state index in [1.54, 1.807) is 0 Å². The second kappa shape index (κ2) is 5.13. The van der Waals surface area contributed by atoms with Crippen LogP contribution in [0.15, 0.2) is 22.7 Å². The number of nitrogens with zero attached hydrogens (tertiary/aromatic N) is 3. The molecular formula is C14H19BrN4. The highest BCUT2D eigenvalue weighted by Crippen LogP contribution is 2.27. The number of nitrogens with two attached hydrogens (primary N) is 1. The van der Waals surface area contributed by atoms with Crippen LogP contribution in [0.4, 0.5) is 5.95 Å². The van der Waals surface area contributed by atoms with Gasteiger partial charge in [-0.2, -0.15) is 0 Å². The van der Waals surface area contributed by atoms with Crippen molar-refractivity contribution in [2.75, 3.05) is 18.8 Å². The number of hydrogen-bond donors (Lipinski definition) is 1. The van der Waals surface area contributed by atoms with Gasteiger partial charge < -0.3 is 10.3 Å². The van der Waals surface area contributed by atoms with Gasteiger partial charge in [-0.25, -0.2) is 4.98 Å². The predicted molar refractivity (Wildman–Crippen MR) is 82.1 cm³/mol. The lowest BCUT2D eigenvalue weighted by Crippen LogP contribution is -2.29. The molecule has 1 saturated carbocycles. The highest BCUT2D eigenvalue weighted by Gasteiger charge is 2.27. The van der Waals surface area contributed by atoms with Crippen LogP contribution in [0.5, 0.6) is 0 Å². The fourth-order valence-electron chi connectivity index (χ4n) is 2.62. The smallest absolute Gasteiger partial charge is 0.201 e. The van der Waals surface area contributed by atoms with Gasteiger partial charge in [-0.1, -0.05) is 22.9 Å². The fourth-order valence-corrected chi connectivity index (χ4v) is 2.97. The number of halogens is 1. The maximum Gasteiger partial charge on any atom is 0.201 e. The Bertz CT molecular complexity index is 588. The summed E-state index contributed by atoms with van der Waals surface area (Å²) >= 11 is 3.51. The second-order valence-electron chi connectivity index (χ2n) is 5.11. The molecule has 0 bridgehead atoms. The summed E-state index contributed by atoms with van der Waals surface area (Å²) in [6.45, 7) is 5.29. The minimum atomic E-state index is 0.611. The quantitative estimate of drug-likeness (QED) is 0.920. The van der Waals surface area contributed by atoms with Gasteiger partial charge in [0.25, 0.3) is 0 Å². The highest BCUT2D eigenvalue weighted by molar-refractivity contribution is 9.10. The molecule has 0 aliphatic heterocycles. The summed E-state index contributed by atoms with van der Waals surface area (Å²) in [5.74, 6) is 0.611. The van der Waals surface area contributed by atoms with Gasteiger partial charge in [0.1, 0.15) is 0 Å². The van der Waals surface area contributed by atoms with Gasteiger partial charge in [0.2, 0.25) is 5.95 Å². The Balaban J connectivity index is 1.83. The minimum absolute atomic E-state index is 0.611. The SMILES string of the molecule is CCN(CCn1c(N)nc2ccc(Br)cc21)C1CC1. The van der Waals surface area contributed by atoms with Crippen molar-refractivity contribution >= 4 is 32.9 Å². The van der Waals surface area contributed by atoms with Crippen LogP contribution in [0, 0.1) is 0 Å². The normalized spacial score (nSPS) is 15.5. The molecule has 19 heavy (non-hydrogen) atoms. The van der Waals surface area contributed by atoms with Gasteiger partial charge in [0, 0.05) is 23.6 Å². The van der Waals surface area contributed by atoms with E-state index in [0.717, 1.165) is 41.2 Å². The maximum absolute atomic E-state index is 6.04. The zero-order chi connectivity index (χ0) is 13.4. The molecule has 1 aliphatic carbocycles. The van der Waals surface area contributed by atoms with Crippen molar-refractivity contribution in [1.82, 2.24) is 14.5 Å². The summed E-state index contributed by atoms with van der Waals surface area (Å²) in [5, 5.41) is 0. The van der Waals surface area contributed by atoms with Gasteiger partial charge in [0.05, 0.1) is 11.0 Å². The zero-order valence-corrected chi connectivity index (χ0v) is 12.7. The number of nitrogen functional groups attached to an aromatic ring is 1. The average Bonchev–Trinajstić information content (AvgIpc) is 3.17. The first-order valence-corrected chi connectivity index (χ1v) is 7.63. The maximum atomic E-state index is 6.04. The van der Waals surface area contributed by atoms with E-state index in [9.17, 15) is 0 Å². The number of benzene rings is 1. The number of aromatic nitrogens is 2. The molecule has 0 saturated heterocycles. The van der Waals surface area contributed by atoms with Crippen molar-refractivity contribution in [2.24, 2.45) is 0 Å². The predicted octanol–water partition coefficient (Wildman–Crippen LogP) is 2.87. The Morgan fingerprint density at radius 3 is 2.95 bits per heavy atom. The monoisotopic (exact) mass is 322 g/mol. The number of anilines is 1. The molecule has 3 rings (SSSR count). The molecule has 2 aromatic rings. The highest BCUT2D eigenvalue weighted by atomic mass is 79.9. The minimum Gasteiger partial charge on any atom is -0.369 e. The van der Waals surface area contributed by atoms with Gasteiger partial charge in [-0.15, -0.1) is 0 Å². The van der Waals surface area contributed by atoms with Gasteiger partial charge in [-0.05, 0) is 37.6 Å². The van der Waals surface area contributed by atoms with E-state index in [1.807, 2.05) is 12.1 Å². The van der Waals surface area contributed by atoms with Crippen LogP contribution in [0.1, 0.15) is 19.8 Å². The number of rotatable bonds is 5. The molecule has 0 spiro atoms.